The van der Waals surface area contributed by atoms with Gasteiger partial charge in [-0.1, -0.05) is 23.7 Å². The maximum Gasteiger partial charge on any atom is 0.337 e. The molecule has 0 amide bonds. The molecule has 1 aromatic carbocycles. The van der Waals surface area contributed by atoms with Crippen molar-refractivity contribution in [1.29, 1.82) is 0 Å². The molecule has 0 bridgehead atoms. The van der Waals surface area contributed by atoms with Crippen LogP contribution < -0.4 is 5.56 Å². The number of hydrogen-bond donors (Lipinski definition) is 2. The molecule has 0 radical (unpaired) electrons. The second-order valence-corrected chi connectivity index (χ2v) is 5.75. The Balaban J connectivity index is 2.06. The van der Waals surface area contributed by atoms with Gasteiger partial charge >= 0.3 is 5.97 Å². The average Bonchev–Trinajstić information content (AvgIpc) is 2.83. The van der Waals surface area contributed by atoms with E-state index in [4.69, 9.17) is 16.7 Å². The number of thiophene rings is 1. The Morgan fingerprint density at radius 1 is 1.43 bits per heavy atom. The Kier molecular flexibility index (Phi) is 3.48. The Morgan fingerprint density at radius 3 is 2.95 bits per heavy atom. The van der Waals surface area contributed by atoms with Crippen LogP contribution in [0.4, 0.5) is 0 Å². The number of hydrogen-bond acceptors (Lipinski definition) is 4. The minimum Gasteiger partial charge on any atom is -0.478 e. The molecule has 0 fully saturated rings. The molecule has 7 heteroatoms. The van der Waals surface area contributed by atoms with Crippen LogP contribution in [-0.4, -0.2) is 21.0 Å². The number of H-pyrrole nitrogens is 1. The lowest BCUT2D eigenvalue weighted by atomic mass is 10.1. The topological polar surface area (TPSA) is 83.0 Å². The normalized spacial score (nSPS) is 10.9. The fourth-order valence-corrected chi connectivity index (χ4v) is 3.22. The summed E-state index contributed by atoms with van der Waals surface area (Å²) in [5.74, 6) is -0.648. The number of nitrogens with zero attached hydrogens (tertiary/aromatic N) is 1. The first-order chi connectivity index (χ1) is 10.0. The number of nitrogens with one attached hydrogen (secondary N) is 1. The van der Waals surface area contributed by atoms with Crippen LogP contribution >= 0.6 is 22.9 Å². The van der Waals surface area contributed by atoms with Gasteiger partial charge in [0.05, 0.1) is 10.9 Å². The summed E-state index contributed by atoms with van der Waals surface area (Å²) < 4.78 is 0. The zero-order chi connectivity index (χ0) is 15.0. The molecule has 3 rings (SSSR count). The molecule has 0 spiro atoms. The molecule has 5 nitrogen and oxygen atoms in total. The molecule has 0 aliphatic rings. The van der Waals surface area contributed by atoms with Crippen molar-refractivity contribution in [2.24, 2.45) is 0 Å². The summed E-state index contributed by atoms with van der Waals surface area (Å²) >= 11 is 7.07. The number of fused-ring (bicyclic) bond motifs is 1. The van der Waals surface area contributed by atoms with Gasteiger partial charge in [0.25, 0.3) is 5.56 Å². The molecule has 2 heterocycles. The summed E-state index contributed by atoms with van der Waals surface area (Å²) in [6, 6.07) is 7.26. The number of aromatic nitrogens is 2. The van der Waals surface area contributed by atoms with Gasteiger partial charge < -0.3 is 10.1 Å². The van der Waals surface area contributed by atoms with Crippen molar-refractivity contribution in [3.8, 4) is 0 Å². The van der Waals surface area contributed by atoms with E-state index in [0.29, 0.717) is 22.1 Å². The lowest BCUT2D eigenvalue weighted by molar-refractivity contribution is 0.0699. The van der Waals surface area contributed by atoms with Crippen molar-refractivity contribution >= 4 is 39.1 Å². The van der Waals surface area contributed by atoms with Gasteiger partial charge in [-0.05, 0) is 17.7 Å². The zero-order valence-electron chi connectivity index (χ0n) is 10.6. The summed E-state index contributed by atoms with van der Waals surface area (Å²) in [6.45, 7) is 0. The van der Waals surface area contributed by atoms with Gasteiger partial charge in [-0.15, -0.1) is 11.3 Å². The minimum absolute atomic E-state index is 0.0157. The largest absolute Gasteiger partial charge is 0.478 e. The highest BCUT2D eigenvalue weighted by Crippen LogP contribution is 2.21. The van der Waals surface area contributed by atoms with Gasteiger partial charge in [0.1, 0.15) is 10.7 Å². The van der Waals surface area contributed by atoms with Crippen LogP contribution in [0.5, 0.6) is 0 Å². The van der Waals surface area contributed by atoms with E-state index in [1.54, 1.807) is 12.1 Å². The van der Waals surface area contributed by atoms with E-state index in [0.717, 1.165) is 16.9 Å². The molecule has 2 aromatic heterocycles. The number of carboxylic acid groups (broad SMARTS) is 1. The van der Waals surface area contributed by atoms with Crippen molar-refractivity contribution in [3.63, 3.8) is 0 Å². The van der Waals surface area contributed by atoms with Crippen molar-refractivity contribution in [1.82, 2.24) is 9.97 Å². The Labute approximate surface area is 127 Å². The van der Waals surface area contributed by atoms with Gasteiger partial charge in [-0.3, -0.25) is 4.79 Å². The second kappa shape index (κ2) is 5.31. The zero-order valence-corrected chi connectivity index (χ0v) is 12.2. The molecule has 0 aliphatic heterocycles. The first kappa shape index (κ1) is 13.8. The number of aromatic carboxylic acids is 1. The first-order valence-corrected chi connectivity index (χ1v) is 7.28. The van der Waals surface area contributed by atoms with Crippen molar-refractivity contribution in [2.75, 3.05) is 0 Å². The summed E-state index contributed by atoms with van der Waals surface area (Å²) in [6.07, 6.45) is 0.423. The number of aromatic amines is 1. The van der Waals surface area contributed by atoms with Crippen molar-refractivity contribution < 1.29 is 9.90 Å². The van der Waals surface area contributed by atoms with Crippen LogP contribution in [0.3, 0.4) is 0 Å². The van der Waals surface area contributed by atoms with Gasteiger partial charge in [0.2, 0.25) is 0 Å². The molecule has 2 N–H and O–H groups in total. The quantitative estimate of drug-likeness (QED) is 0.777. The minimum atomic E-state index is -1.13. The molecule has 0 atom stereocenters. The fraction of sp³-hybridized carbons (Fsp3) is 0.0714. The van der Waals surface area contributed by atoms with Crippen LogP contribution in [0.1, 0.15) is 21.7 Å². The fourth-order valence-electron chi connectivity index (χ4n) is 2.07. The SMILES string of the molecule is O=C(O)c1csc2nc(Cc3cccc(Cl)c3)[nH]c(=O)c12. The molecular weight excluding hydrogens is 312 g/mol. The van der Waals surface area contributed by atoms with Gasteiger partial charge in [-0.25, -0.2) is 9.78 Å². The van der Waals surface area contributed by atoms with Crippen molar-refractivity contribution in [2.45, 2.75) is 6.42 Å². The predicted octanol–water partition coefficient (Wildman–Crippen LogP) is 2.93. The van der Waals surface area contributed by atoms with Crippen LogP contribution in [0.15, 0.2) is 34.4 Å². The first-order valence-electron chi connectivity index (χ1n) is 6.03. The lowest BCUT2D eigenvalue weighted by Crippen LogP contribution is -2.13. The van der Waals surface area contributed by atoms with Crippen LogP contribution in [-0.2, 0) is 6.42 Å². The Morgan fingerprint density at radius 2 is 2.24 bits per heavy atom. The number of carbonyl (C=O) groups is 1. The van der Waals surface area contributed by atoms with E-state index in [9.17, 15) is 9.59 Å². The van der Waals surface area contributed by atoms with E-state index in [-0.39, 0.29) is 10.9 Å². The third kappa shape index (κ3) is 2.68. The molecule has 21 heavy (non-hydrogen) atoms. The Bertz CT molecular complexity index is 901. The second-order valence-electron chi connectivity index (χ2n) is 4.45. The summed E-state index contributed by atoms with van der Waals surface area (Å²) in [4.78, 5) is 30.5. The van der Waals surface area contributed by atoms with E-state index in [1.165, 1.54) is 5.38 Å². The summed E-state index contributed by atoms with van der Waals surface area (Å²) in [5.41, 5.74) is 0.466. The molecular formula is C14H9ClN2O3S. The van der Waals surface area contributed by atoms with Crippen molar-refractivity contribution in [3.05, 3.63) is 62.0 Å². The number of rotatable bonds is 3. The molecule has 106 valence electrons. The van der Waals surface area contributed by atoms with Crippen LogP contribution in [0.2, 0.25) is 5.02 Å². The molecule has 0 aliphatic carbocycles. The smallest absolute Gasteiger partial charge is 0.337 e. The molecule has 3 aromatic rings. The van der Waals surface area contributed by atoms with E-state index in [1.807, 2.05) is 12.1 Å². The molecule has 0 saturated heterocycles. The van der Waals surface area contributed by atoms with E-state index in [2.05, 4.69) is 9.97 Å². The third-order valence-corrected chi connectivity index (χ3v) is 4.09. The summed E-state index contributed by atoms with van der Waals surface area (Å²) in [5, 5.41) is 11.2. The standard InChI is InChI=1S/C14H9ClN2O3S/c15-8-3-1-2-7(4-8)5-10-16-12(18)11-9(14(19)20)6-21-13(11)17-10/h1-4,6H,5H2,(H,19,20)(H,16,17,18). The predicted molar refractivity (Wildman–Crippen MR) is 81.5 cm³/mol. The van der Waals surface area contributed by atoms with Gasteiger partial charge in [0, 0.05) is 16.8 Å². The third-order valence-electron chi connectivity index (χ3n) is 2.98. The summed E-state index contributed by atoms with van der Waals surface area (Å²) in [7, 11) is 0. The lowest BCUT2D eigenvalue weighted by Gasteiger charge is -2.02. The van der Waals surface area contributed by atoms with Crippen LogP contribution in [0, 0.1) is 0 Å². The highest BCUT2D eigenvalue weighted by Gasteiger charge is 2.16. The molecule has 0 saturated carbocycles. The van der Waals surface area contributed by atoms with Gasteiger partial charge in [0.15, 0.2) is 0 Å². The van der Waals surface area contributed by atoms with E-state index < -0.39 is 11.5 Å². The van der Waals surface area contributed by atoms with Gasteiger partial charge in [-0.2, -0.15) is 0 Å². The molecule has 0 unspecified atom stereocenters. The monoisotopic (exact) mass is 320 g/mol. The average molecular weight is 321 g/mol. The Hall–Kier alpha value is -2.18. The highest BCUT2D eigenvalue weighted by molar-refractivity contribution is 7.17. The maximum absolute atomic E-state index is 12.1. The number of carboxylic acids is 1. The van der Waals surface area contributed by atoms with Crippen LogP contribution in [0.25, 0.3) is 10.2 Å². The highest BCUT2D eigenvalue weighted by atomic mass is 35.5. The van der Waals surface area contributed by atoms with E-state index >= 15 is 0 Å². The number of benzene rings is 1. The number of halogens is 1. The maximum atomic E-state index is 12.1.